The number of aromatic carboxylic acids is 1. The van der Waals surface area contributed by atoms with Gasteiger partial charge in [0, 0.05) is 18.3 Å². The molecule has 0 aromatic carbocycles. The zero-order valence-corrected chi connectivity index (χ0v) is 9.60. The molecule has 1 aliphatic rings. The molecule has 2 rings (SSSR count). The number of fused-ring (bicyclic) bond motifs is 1. The Labute approximate surface area is 94.5 Å². The van der Waals surface area contributed by atoms with Gasteiger partial charge in [0.2, 0.25) is 5.95 Å². The minimum atomic E-state index is -0.966. The lowest BCUT2D eigenvalue weighted by atomic mass is 10.0. The third kappa shape index (κ3) is 1.77. The molecular weight excluding hydrogens is 206 g/mol. The van der Waals surface area contributed by atoms with Gasteiger partial charge in [-0.1, -0.05) is 13.8 Å². The van der Waals surface area contributed by atoms with Crippen LogP contribution in [0.3, 0.4) is 0 Å². The van der Waals surface area contributed by atoms with Crippen LogP contribution in [0.5, 0.6) is 0 Å². The van der Waals surface area contributed by atoms with Crippen LogP contribution >= 0.6 is 0 Å². The first-order valence-electron chi connectivity index (χ1n) is 5.74. The molecule has 0 saturated carbocycles. The summed E-state index contributed by atoms with van der Waals surface area (Å²) in [6.07, 6.45) is 4.70. The van der Waals surface area contributed by atoms with E-state index in [4.69, 9.17) is 5.11 Å². The number of aromatic nitrogens is 2. The fourth-order valence-corrected chi connectivity index (χ4v) is 2.20. The monoisotopic (exact) mass is 223 g/mol. The fraction of sp³-hybridized carbons (Fsp3) is 0.636. The predicted molar refractivity (Wildman–Crippen MR) is 60.8 cm³/mol. The highest BCUT2D eigenvalue weighted by molar-refractivity contribution is 5.85. The Morgan fingerprint density at radius 2 is 2.38 bits per heavy atom. The van der Waals surface area contributed by atoms with Crippen LogP contribution in [0, 0.1) is 0 Å². The summed E-state index contributed by atoms with van der Waals surface area (Å²) in [5.41, 5.74) is 0.123. The van der Waals surface area contributed by atoms with E-state index in [1.165, 1.54) is 0 Å². The molecule has 2 heterocycles. The summed E-state index contributed by atoms with van der Waals surface area (Å²) in [6.45, 7) is 4.24. The van der Waals surface area contributed by atoms with Crippen molar-refractivity contribution in [2.75, 3.05) is 5.32 Å². The molecular formula is C11H17N3O2. The molecule has 0 saturated heterocycles. The first-order valence-corrected chi connectivity index (χ1v) is 5.74. The van der Waals surface area contributed by atoms with E-state index < -0.39 is 5.97 Å². The van der Waals surface area contributed by atoms with E-state index in [2.05, 4.69) is 24.1 Å². The Hall–Kier alpha value is -1.52. The van der Waals surface area contributed by atoms with Gasteiger partial charge in [-0.15, -0.1) is 0 Å². The van der Waals surface area contributed by atoms with Gasteiger partial charge in [-0.05, 0) is 19.3 Å². The van der Waals surface area contributed by atoms with E-state index in [1.54, 1.807) is 6.20 Å². The van der Waals surface area contributed by atoms with Crippen molar-refractivity contribution in [2.24, 2.45) is 0 Å². The average Bonchev–Trinajstić information content (AvgIpc) is 2.71. The predicted octanol–water partition coefficient (Wildman–Crippen LogP) is 2.13. The van der Waals surface area contributed by atoms with E-state index in [0.717, 1.165) is 19.3 Å². The highest BCUT2D eigenvalue weighted by Gasteiger charge is 2.26. The molecule has 88 valence electrons. The SMILES string of the molecule is CCC1CC(CC)n2cc(C(=O)O)nc2N1. The normalized spacial score (nSPS) is 23.6. The maximum Gasteiger partial charge on any atom is 0.356 e. The van der Waals surface area contributed by atoms with Crippen molar-refractivity contribution in [3.05, 3.63) is 11.9 Å². The fourth-order valence-electron chi connectivity index (χ4n) is 2.20. The van der Waals surface area contributed by atoms with Crippen molar-refractivity contribution in [1.29, 1.82) is 0 Å². The van der Waals surface area contributed by atoms with Crippen LogP contribution in [0.25, 0.3) is 0 Å². The van der Waals surface area contributed by atoms with Crippen molar-refractivity contribution >= 4 is 11.9 Å². The summed E-state index contributed by atoms with van der Waals surface area (Å²) < 4.78 is 1.95. The Balaban J connectivity index is 2.34. The average molecular weight is 223 g/mol. The van der Waals surface area contributed by atoms with Crippen molar-refractivity contribution in [3.8, 4) is 0 Å². The lowest BCUT2D eigenvalue weighted by Gasteiger charge is -2.31. The molecule has 0 bridgehead atoms. The summed E-state index contributed by atoms with van der Waals surface area (Å²) in [4.78, 5) is 15.0. The van der Waals surface area contributed by atoms with Gasteiger partial charge in [0.1, 0.15) is 0 Å². The van der Waals surface area contributed by atoms with Gasteiger partial charge >= 0.3 is 5.97 Å². The smallest absolute Gasteiger partial charge is 0.356 e. The molecule has 0 spiro atoms. The van der Waals surface area contributed by atoms with Crippen LogP contribution in [0.1, 0.15) is 49.6 Å². The van der Waals surface area contributed by atoms with Crippen LogP contribution in [0.15, 0.2) is 6.20 Å². The van der Waals surface area contributed by atoms with Crippen molar-refractivity contribution in [2.45, 2.75) is 45.2 Å². The lowest BCUT2D eigenvalue weighted by molar-refractivity contribution is 0.0691. The quantitative estimate of drug-likeness (QED) is 0.823. The van der Waals surface area contributed by atoms with Gasteiger partial charge in [-0.3, -0.25) is 0 Å². The Kier molecular flexibility index (Phi) is 2.85. The molecule has 0 fully saturated rings. The van der Waals surface area contributed by atoms with E-state index >= 15 is 0 Å². The molecule has 2 atom stereocenters. The van der Waals surface area contributed by atoms with Crippen molar-refractivity contribution < 1.29 is 9.90 Å². The number of carboxylic acids is 1. The van der Waals surface area contributed by atoms with E-state index in [1.807, 2.05) is 4.57 Å². The standard InChI is InChI=1S/C11H17N3O2/c1-3-7-5-8(4-2)14-6-9(10(15)16)13-11(14)12-7/h6-8H,3-5H2,1-2H3,(H,12,13)(H,15,16). The molecule has 0 amide bonds. The minimum absolute atomic E-state index is 0.123. The van der Waals surface area contributed by atoms with Crippen LogP contribution in [-0.4, -0.2) is 26.7 Å². The van der Waals surface area contributed by atoms with Gasteiger partial charge in [-0.25, -0.2) is 9.78 Å². The first-order chi connectivity index (χ1) is 7.65. The summed E-state index contributed by atoms with van der Waals surface area (Å²) in [5.74, 6) is -0.269. The van der Waals surface area contributed by atoms with Crippen LogP contribution in [-0.2, 0) is 0 Å². The molecule has 5 heteroatoms. The third-order valence-corrected chi connectivity index (χ3v) is 3.20. The zero-order valence-electron chi connectivity index (χ0n) is 9.60. The van der Waals surface area contributed by atoms with Crippen LogP contribution < -0.4 is 5.32 Å². The van der Waals surface area contributed by atoms with Gasteiger partial charge in [-0.2, -0.15) is 0 Å². The summed E-state index contributed by atoms with van der Waals surface area (Å²) >= 11 is 0. The van der Waals surface area contributed by atoms with Crippen LogP contribution in [0.4, 0.5) is 5.95 Å². The zero-order chi connectivity index (χ0) is 11.7. The second-order valence-corrected chi connectivity index (χ2v) is 4.21. The summed E-state index contributed by atoms with van der Waals surface area (Å²) in [6, 6.07) is 0.767. The molecule has 16 heavy (non-hydrogen) atoms. The lowest BCUT2D eigenvalue weighted by Crippen LogP contribution is -2.31. The number of hydrogen-bond acceptors (Lipinski definition) is 3. The number of anilines is 1. The molecule has 1 aromatic rings. The highest BCUT2D eigenvalue weighted by Crippen LogP contribution is 2.30. The van der Waals surface area contributed by atoms with Crippen LogP contribution in [0.2, 0.25) is 0 Å². The number of carboxylic acid groups (broad SMARTS) is 1. The highest BCUT2D eigenvalue weighted by atomic mass is 16.4. The number of imidazole rings is 1. The maximum atomic E-state index is 10.9. The van der Waals surface area contributed by atoms with Gasteiger partial charge in [0.05, 0.1) is 0 Å². The topological polar surface area (TPSA) is 67.2 Å². The first kappa shape index (κ1) is 11.0. The number of carbonyl (C=O) groups is 1. The van der Waals surface area contributed by atoms with E-state index in [-0.39, 0.29) is 5.69 Å². The van der Waals surface area contributed by atoms with E-state index in [9.17, 15) is 4.79 Å². The Morgan fingerprint density at radius 3 is 2.94 bits per heavy atom. The van der Waals surface area contributed by atoms with Crippen molar-refractivity contribution in [1.82, 2.24) is 9.55 Å². The Morgan fingerprint density at radius 1 is 1.62 bits per heavy atom. The number of hydrogen-bond donors (Lipinski definition) is 2. The molecule has 0 radical (unpaired) electrons. The largest absolute Gasteiger partial charge is 0.476 e. The molecule has 1 aromatic heterocycles. The van der Waals surface area contributed by atoms with E-state index in [0.29, 0.717) is 18.0 Å². The molecule has 2 unspecified atom stereocenters. The molecule has 5 nitrogen and oxygen atoms in total. The van der Waals surface area contributed by atoms with Gasteiger partial charge in [0.15, 0.2) is 5.69 Å². The maximum absolute atomic E-state index is 10.9. The minimum Gasteiger partial charge on any atom is -0.476 e. The Bertz CT molecular complexity index is 400. The molecule has 1 aliphatic heterocycles. The summed E-state index contributed by atoms with van der Waals surface area (Å²) in [5, 5.41) is 12.2. The number of rotatable bonds is 3. The molecule has 0 aliphatic carbocycles. The van der Waals surface area contributed by atoms with Gasteiger partial charge in [0.25, 0.3) is 0 Å². The number of nitrogens with zero attached hydrogens (tertiary/aromatic N) is 2. The second-order valence-electron chi connectivity index (χ2n) is 4.21. The third-order valence-electron chi connectivity index (χ3n) is 3.20. The second kappa shape index (κ2) is 4.15. The number of nitrogens with one attached hydrogen (secondary N) is 1. The summed E-state index contributed by atoms with van der Waals surface area (Å²) in [7, 11) is 0. The molecule has 2 N–H and O–H groups in total. The van der Waals surface area contributed by atoms with Gasteiger partial charge < -0.3 is 15.0 Å². The van der Waals surface area contributed by atoms with Crippen molar-refractivity contribution in [3.63, 3.8) is 0 Å².